The van der Waals surface area contributed by atoms with E-state index < -0.39 is 17.6 Å². The van der Waals surface area contributed by atoms with Gasteiger partial charge in [0.1, 0.15) is 5.82 Å². The number of allylic oxidation sites excluding steroid dienone is 2. The third-order valence-electron chi connectivity index (χ3n) is 2.58. The van der Waals surface area contributed by atoms with Crippen molar-refractivity contribution in [3.63, 3.8) is 0 Å². The van der Waals surface area contributed by atoms with Gasteiger partial charge in [-0.1, -0.05) is 12.1 Å². The van der Waals surface area contributed by atoms with Crippen LogP contribution in [0.1, 0.15) is 25.0 Å². The van der Waals surface area contributed by atoms with Crippen LogP contribution in [-0.4, -0.2) is 12.4 Å². The number of nitrogens with two attached hydrogens (primary N) is 1. The largest absolute Gasteiger partial charge is 0.417 e. The fraction of sp³-hybridized carbons (Fsp3) is 0.308. The normalized spacial score (nSPS) is 13.8. The monoisotopic (exact) mass is 274 g/mol. The van der Waals surface area contributed by atoms with E-state index in [1.165, 1.54) is 6.08 Å². The third kappa shape index (κ3) is 3.64. The molecule has 0 heterocycles. The minimum atomic E-state index is -4.63. The third-order valence-corrected chi connectivity index (χ3v) is 2.58. The molecule has 0 fully saturated rings. The smallest absolute Gasteiger partial charge is 0.312 e. The number of hydrogen-bond donors (Lipinski definition) is 1. The Morgan fingerprint density at radius 1 is 1.37 bits per heavy atom. The minimum absolute atomic E-state index is 0.0221. The standard InChI is InChI=1S/C13H14F4N2/c1-3-10(8(2)19-7-18)11-5-4-9(14)6-12(11)13(15,16)17/h3-6H,7,18H2,1-2H3/b10-3+,19-8?. The number of hydrogen-bond acceptors (Lipinski definition) is 2. The number of halogens is 4. The second-order valence-corrected chi connectivity index (χ2v) is 3.82. The molecule has 0 spiro atoms. The summed E-state index contributed by atoms with van der Waals surface area (Å²) >= 11 is 0. The summed E-state index contributed by atoms with van der Waals surface area (Å²) in [5.41, 5.74) is 4.79. The van der Waals surface area contributed by atoms with E-state index in [4.69, 9.17) is 5.73 Å². The Morgan fingerprint density at radius 2 is 2.00 bits per heavy atom. The quantitative estimate of drug-likeness (QED) is 0.663. The van der Waals surface area contributed by atoms with Gasteiger partial charge in [0, 0.05) is 5.71 Å². The van der Waals surface area contributed by atoms with Gasteiger partial charge >= 0.3 is 6.18 Å². The number of benzene rings is 1. The summed E-state index contributed by atoms with van der Waals surface area (Å²) in [4.78, 5) is 3.88. The van der Waals surface area contributed by atoms with Crippen LogP contribution in [0.2, 0.25) is 0 Å². The zero-order chi connectivity index (χ0) is 14.6. The van der Waals surface area contributed by atoms with Crippen LogP contribution in [0.25, 0.3) is 5.57 Å². The van der Waals surface area contributed by atoms with E-state index in [1.54, 1.807) is 13.8 Å². The Morgan fingerprint density at radius 3 is 2.47 bits per heavy atom. The molecule has 0 aliphatic carbocycles. The first kappa shape index (κ1) is 15.4. The van der Waals surface area contributed by atoms with Crippen LogP contribution in [0.3, 0.4) is 0 Å². The summed E-state index contributed by atoms with van der Waals surface area (Å²) in [5.74, 6) is -0.931. The highest BCUT2D eigenvalue weighted by molar-refractivity contribution is 6.23. The molecule has 0 saturated carbocycles. The first-order chi connectivity index (χ1) is 8.81. The van der Waals surface area contributed by atoms with Gasteiger partial charge in [-0.2, -0.15) is 13.2 Å². The molecule has 0 aliphatic heterocycles. The minimum Gasteiger partial charge on any atom is -0.312 e. The van der Waals surface area contributed by atoms with Crippen LogP contribution in [0.4, 0.5) is 17.6 Å². The second-order valence-electron chi connectivity index (χ2n) is 3.82. The van der Waals surface area contributed by atoms with Crippen LogP contribution < -0.4 is 5.73 Å². The molecule has 1 aromatic carbocycles. The Hall–Kier alpha value is -1.69. The van der Waals surface area contributed by atoms with Crippen LogP contribution in [0, 0.1) is 5.82 Å². The van der Waals surface area contributed by atoms with E-state index in [2.05, 4.69) is 4.99 Å². The first-order valence-electron chi connectivity index (χ1n) is 5.56. The summed E-state index contributed by atoms with van der Waals surface area (Å²) in [6.07, 6.45) is -3.13. The molecule has 6 heteroatoms. The lowest BCUT2D eigenvalue weighted by atomic mass is 9.96. The molecule has 0 aromatic heterocycles. The van der Waals surface area contributed by atoms with Gasteiger partial charge in [0.15, 0.2) is 0 Å². The van der Waals surface area contributed by atoms with Gasteiger partial charge in [-0.25, -0.2) is 4.39 Å². The molecule has 1 rings (SSSR count). The van der Waals surface area contributed by atoms with E-state index in [0.717, 1.165) is 12.1 Å². The van der Waals surface area contributed by atoms with E-state index in [-0.39, 0.29) is 17.8 Å². The lowest BCUT2D eigenvalue weighted by Crippen LogP contribution is -2.12. The van der Waals surface area contributed by atoms with Crippen molar-refractivity contribution in [3.05, 3.63) is 41.2 Å². The predicted molar refractivity (Wildman–Crippen MR) is 67.2 cm³/mol. The van der Waals surface area contributed by atoms with Crippen LogP contribution in [-0.2, 0) is 6.18 Å². The Labute approximate surface area is 108 Å². The lowest BCUT2D eigenvalue weighted by molar-refractivity contribution is -0.137. The highest BCUT2D eigenvalue weighted by Crippen LogP contribution is 2.35. The molecule has 19 heavy (non-hydrogen) atoms. The highest BCUT2D eigenvalue weighted by Gasteiger charge is 2.34. The maximum atomic E-state index is 13.0. The Kier molecular flexibility index (Phi) is 4.83. The number of rotatable bonds is 3. The summed E-state index contributed by atoms with van der Waals surface area (Å²) in [6, 6.07) is 2.57. The van der Waals surface area contributed by atoms with Crippen molar-refractivity contribution in [2.45, 2.75) is 20.0 Å². The van der Waals surface area contributed by atoms with Gasteiger partial charge in [0.25, 0.3) is 0 Å². The van der Waals surface area contributed by atoms with Crippen molar-refractivity contribution in [2.24, 2.45) is 10.7 Å². The van der Waals surface area contributed by atoms with Crippen molar-refractivity contribution in [1.29, 1.82) is 0 Å². The first-order valence-corrected chi connectivity index (χ1v) is 5.56. The zero-order valence-electron chi connectivity index (χ0n) is 10.6. The second kappa shape index (κ2) is 5.97. The zero-order valence-corrected chi connectivity index (χ0v) is 10.6. The molecule has 104 valence electrons. The van der Waals surface area contributed by atoms with E-state index in [9.17, 15) is 17.6 Å². The molecule has 0 aliphatic rings. The molecule has 0 amide bonds. The number of nitrogens with zero attached hydrogens (tertiary/aromatic N) is 1. The number of aliphatic imine (C=N–C) groups is 1. The molecule has 0 saturated heterocycles. The molecular formula is C13H14F4N2. The molecule has 0 bridgehead atoms. The molecule has 0 atom stereocenters. The molecule has 0 radical (unpaired) electrons. The van der Waals surface area contributed by atoms with Crippen molar-refractivity contribution >= 4 is 11.3 Å². The predicted octanol–water partition coefficient (Wildman–Crippen LogP) is 3.62. The lowest BCUT2D eigenvalue weighted by Gasteiger charge is -2.15. The average molecular weight is 274 g/mol. The van der Waals surface area contributed by atoms with Crippen LogP contribution >= 0.6 is 0 Å². The van der Waals surface area contributed by atoms with Crippen molar-refractivity contribution < 1.29 is 17.6 Å². The molecule has 1 aromatic rings. The van der Waals surface area contributed by atoms with Crippen molar-refractivity contribution in [3.8, 4) is 0 Å². The van der Waals surface area contributed by atoms with Gasteiger partial charge in [0.05, 0.1) is 12.2 Å². The van der Waals surface area contributed by atoms with Gasteiger partial charge in [-0.05, 0) is 37.1 Å². The summed E-state index contributed by atoms with van der Waals surface area (Å²) in [7, 11) is 0. The van der Waals surface area contributed by atoms with Crippen LogP contribution in [0.5, 0.6) is 0 Å². The maximum absolute atomic E-state index is 13.0. The van der Waals surface area contributed by atoms with Gasteiger partial charge < -0.3 is 5.73 Å². The average Bonchev–Trinajstić information content (AvgIpc) is 2.31. The summed E-state index contributed by atoms with van der Waals surface area (Å²) < 4.78 is 51.8. The van der Waals surface area contributed by atoms with E-state index in [1.807, 2.05) is 0 Å². The topological polar surface area (TPSA) is 38.4 Å². The van der Waals surface area contributed by atoms with Gasteiger partial charge in [0.2, 0.25) is 0 Å². The van der Waals surface area contributed by atoms with Crippen molar-refractivity contribution in [1.82, 2.24) is 0 Å². The fourth-order valence-electron chi connectivity index (χ4n) is 1.77. The van der Waals surface area contributed by atoms with Crippen LogP contribution in [0.15, 0.2) is 29.3 Å². The fourth-order valence-corrected chi connectivity index (χ4v) is 1.77. The maximum Gasteiger partial charge on any atom is 0.417 e. The van der Waals surface area contributed by atoms with Crippen molar-refractivity contribution in [2.75, 3.05) is 6.67 Å². The Bertz CT molecular complexity index is 516. The number of alkyl halides is 3. The molecular weight excluding hydrogens is 260 g/mol. The van der Waals surface area contributed by atoms with E-state index in [0.29, 0.717) is 11.8 Å². The van der Waals surface area contributed by atoms with E-state index >= 15 is 0 Å². The summed E-state index contributed by atoms with van der Waals surface area (Å²) in [5, 5.41) is 0. The van der Waals surface area contributed by atoms with Gasteiger partial charge in [-0.15, -0.1) is 0 Å². The molecule has 0 unspecified atom stereocenters. The SMILES string of the molecule is C/C=C(\C(C)=NCN)c1ccc(F)cc1C(F)(F)F. The summed E-state index contributed by atoms with van der Waals surface area (Å²) in [6.45, 7) is 3.13. The molecule has 2 N–H and O–H groups in total. The van der Waals surface area contributed by atoms with Gasteiger partial charge in [-0.3, -0.25) is 4.99 Å². The highest BCUT2D eigenvalue weighted by atomic mass is 19.4. The molecule has 2 nitrogen and oxygen atoms in total. The Balaban J connectivity index is 3.46.